The molecule has 2 heterocycles. The topological polar surface area (TPSA) is 38.5 Å². The molecule has 25 heavy (non-hydrogen) atoms. The first kappa shape index (κ1) is 15.9. The maximum Gasteiger partial charge on any atom is 0.279 e. The summed E-state index contributed by atoms with van der Waals surface area (Å²) in [5, 5.41) is 5.37. The Balaban J connectivity index is 1.49. The molecule has 2 atom stereocenters. The molecule has 4 nitrogen and oxygen atoms in total. The number of aryl methyl sites for hydroxylation is 1. The van der Waals surface area contributed by atoms with Gasteiger partial charge in [-0.2, -0.15) is 0 Å². The van der Waals surface area contributed by atoms with Gasteiger partial charge in [0, 0.05) is 37.2 Å². The summed E-state index contributed by atoms with van der Waals surface area (Å²) in [5.41, 5.74) is 2.22. The molecule has 3 aromatic rings. The number of likely N-dealkylation sites (tertiary alicyclic amines) is 1. The third-order valence-corrected chi connectivity index (χ3v) is 5.28. The number of fused-ring (bicyclic) bond motifs is 1. The Morgan fingerprint density at radius 1 is 1.16 bits per heavy atom. The third kappa shape index (κ3) is 3.17. The van der Waals surface area contributed by atoms with Crippen LogP contribution in [0, 0.1) is 0 Å². The van der Waals surface area contributed by atoms with Crippen molar-refractivity contribution in [1.82, 2.24) is 4.57 Å². The Morgan fingerprint density at radius 3 is 2.84 bits per heavy atom. The largest absolute Gasteiger partial charge is 0.350 e. The molecule has 1 fully saturated rings. The van der Waals surface area contributed by atoms with Gasteiger partial charge in [0.2, 0.25) is 0 Å². The van der Waals surface area contributed by atoms with Gasteiger partial charge in [-0.05, 0) is 23.6 Å². The van der Waals surface area contributed by atoms with Crippen molar-refractivity contribution in [3.05, 3.63) is 66.5 Å². The second kappa shape index (κ2) is 6.73. The van der Waals surface area contributed by atoms with Gasteiger partial charge in [0.15, 0.2) is 6.54 Å². The summed E-state index contributed by atoms with van der Waals surface area (Å²) in [7, 11) is 2.08. The van der Waals surface area contributed by atoms with Crippen LogP contribution in [0.25, 0.3) is 10.8 Å². The van der Waals surface area contributed by atoms with Crippen molar-refractivity contribution in [2.45, 2.75) is 18.9 Å². The van der Waals surface area contributed by atoms with Gasteiger partial charge in [-0.3, -0.25) is 4.79 Å². The van der Waals surface area contributed by atoms with Gasteiger partial charge in [-0.15, -0.1) is 0 Å². The highest BCUT2D eigenvalue weighted by molar-refractivity contribution is 6.02. The number of quaternary nitrogens is 1. The Labute approximate surface area is 148 Å². The standard InChI is InChI=1S/C21H23N3O/c1-23-13-5-11-19(23)20-12-6-14-24(20)15-21(25)22-18-10-4-8-16-7-2-3-9-17(16)18/h2-5,7-11,13,20H,6,12,14-15H2,1H3,(H,22,25)/p+1/t20-/m1/s1. The highest BCUT2D eigenvalue weighted by Crippen LogP contribution is 2.23. The lowest BCUT2D eigenvalue weighted by Gasteiger charge is -2.22. The zero-order valence-corrected chi connectivity index (χ0v) is 14.5. The van der Waals surface area contributed by atoms with Crippen molar-refractivity contribution in [2.75, 3.05) is 18.4 Å². The third-order valence-electron chi connectivity index (χ3n) is 5.28. The van der Waals surface area contributed by atoms with Gasteiger partial charge >= 0.3 is 0 Å². The average Bonchev–Trinajstić information content (AvgIpc) is 3.23. The molecule has 4 heteroatoms. The van der Waals surface area contributed by atoms with Crippen molar-refractivity contribution in [3.8, 4) is 0 Å². The minimum absolute atomic E-state index is 0.0902. The number of rotatable bonds is 4. The molecule has 1 aliphatic rings. The number of aromatic nitrogens is 1. The van der Waals surface area contributed by atoms with E-state index in [9.17, 15) is 4.79 Å². The van der Waals surface area contributed by atoms with Crippen molar-refractivity contribution < 1.29 is 9.69 Å². The van der Waals surface area contributed by atoms with E-state index in [1.165, 1.54) is 17.0 Å². The molecule has 1 amide bonds. The van der Waals surface area contributed by atoms with E-state index in [4.69, 9.17) is 0 Å². The van der Waals surface area contributed by atoms with Crippen LogP contribution in [0.15, 0.2) is 60.8 Å². The van der Waals surface area contributed by atoms with E-state index in [0.29, 0.717) is 12.6 Å². The number of hydrogen-bond acceptors (Lipinski definition) is 1. The first-order valence-corrected chi connectivity index (χ1v) is 8.96. The number of carbonyl (C=O) groups excluding carboxylic acids is 1. The number of benzene rings is 2. The van der Waals surface area contributed by atoms with Crippen LogP contribution in [-0.2, 0) is 11.8 Å². The van der Waals surface area contributed by atoms with Crippen LogP contribution in [0.4, 0.5) is 5.69 Å². The Hall–Kier alpha value is -2.59. The van der Waals surface area contributed by atoms with Crippen LogP contribution in [0.5, 0.6) is 0 Å². The number of nitrogens with one attached hydrogen (secondary N) is 2. The monoisotopic (exact) mass is 334 g/mol. The van der Waals surface area contributed by atoms with E-state index in [1.54, 1.807) is 0 Å². The molecule has 0 aliphatic carbocycles. The molecule has 4 rings (SSSR count). The summed E-state index contributed by atoms with van der Waals surface area (Å²) < 4.78 is 2.18. The number of amides is 1. The number of hydrogen-bond donors (Lipinski definition) is 2. The van der Waals surface area contributed by atoms with Crippen LogP contribution in [0.1, 0.15) is 24.6 Å². The van der Waals surface area contributed by atoms with Gasteiger partial charge < -0.3 is 14.8 Å². The summed E-state index contributed by atoms with van der Waals surface area (Å²) in [5.74, 6) is 0.0902. The first-order chi connectivity index (χ1) is 12.2. The maximum atomic E-state index is 12.7. The van der Waals surface area contributed by atoms with Crippen molar-refractivity contribution in [3.63, 3.8) is 0 Å². The van der Waals surface area contributed by atoms with Crippen LogP contribution in [0.3, 0.4) is 0 Å². The minimum Gasteiger partial charge on any atom is -0.350 e. The zero-order chi connectivity index (χ0) is 17.2. The van der Waals surface area contributed by atoms with Gasteiger partial charge in [0.05, 0.1) is 12.2 Å². The summed E-state index contributed by atoms with van der Waals surface area (Å²) in [6, 6.07) is 18.9. The molecule has 0 bridgehead atoms. The lowest BCUT2D eigenvalue weighted by atomic mass is 10.1. The molecule has 128 valence electrons. The van der Waals surface area contributed by atoms with Crippen LogP contribution >= 0.6 is 0 Å². The summed E-state index contributed by atoms with van der Waals surface area (Å²) in [6.07, 6.45) is 4.41. The predicted octanol–water partition coefficient (Wildman–Crippen LogP) is 2.54. The van der Waals surface area contributed by atoms with E-state index < -0.39 is 0 Å². The normalized spacial score (nSPS) is 20.0. The fraction of sp³-hybridized carbons (Fsp3) is 0.286. The predicted molar refractivity (Wildman–Crippen MR) is 101 cm³/mol. The molecule has 2 N–H and O–H groups in total. The van der Waals surface area contributed by atoms with E-state index in [2.05, 4.69) is 53.5 Å². The maximum absolute atomic E-state index is 12.7. The Bertz CT molecular complexity index is 894. The van der Waals surface area contributed by atoms with Gasteiger partial charge in [0.25, 0.3) is 5.91 Å². The molecule has 0 spiro atoms. The van der Waals surface area contributed by atoms with E-state index in [1.807, 2.05) is 24.3 Å². The van der Waals surface area contributed by atoms with Gasteiger partial charge in [-0.25, -0.2) is 0 Å². The Kier molecular flexibility index (Phi) is 4.28. The van der Waals surface area contributed by atoms with E-state index in [-0.39, 0.29) is 5.91 Å². The summed E-state index contributed by atoms with van der Waals surface area (Å²) >= 11 is 0. The van der Waals surface area contributed by atoms with Crippen LogP contribution in [0.2, 0.25) is 0 Å². The minimum atomic E-state index is 0.0902. The number of nitrogens with zero attached hydrogens (tertiary/aromatic N) is 1. The summed E-state index contributed by atoms with van der Waals surface area (Å²) in [6.45, 7) is 1.57. The lowest BCUT2D eigenvalue weighted by Crippen LogP contribution is -3.11. The fourth-order valence-electron chi connectivity index (χ4n) is 4.05. The Morgan fingerprint density at radius 2 is 2.00 bits per heavy atom. The van der Waals surface area contributed by atoms with Gasteiger partial charge in [0.1, 0.15) is 6.04 Å². The van der Waals surface area contributed by atoms with E-state index >= 15 is 0 Å². The zero-order valence-electron chi connectivity index (χ0n) is 14.5. The molecule has 1 saturated heterocycles. The van der Waals surface area contributed by atoms with Gasteiger partial charge in [-0.1, -0.05) is 36.4 Å². The second-order valence-electron chi connectivity index (χ2n) is 6.90. The molecule has 2 aromatic carbocycles. The SMILES string of the molecule is Cn1cccc1[C@H]1CCC[NH+]1CC(=O)Nc1cccc2ccccc12. The molecule has 0 saturated carbocycles. The van der Waals surface area contributed by atoms with E-state index in [0.717, 1.165) is 29.4 Å². The van der Waals surface area contributed by atoms with Crippen molar-refractivity contribution >= 4 is 22.4 Å². The fourth-order valence-corrected chi connectivity index (χ4v) is 4.05. The highest BCUT2D eigenvalue weighted by Gasteiger charge is 2.32. The van der Waals surface area contributed by atoms with Crippen LogP contribution in [-0.4, -0.2) is 23.6 Å². The molecular formula is C21H24N3O+. The lowest BCUT2D eigenvalue weighted by molar-refractivity contribution is -0.910. The molecule has 1 aromatic heterocycles. The van der Waals surface area contributed by atoms with Crippen LogP contribution < -0.4 is 10.2 Å². The number of anilines is 1. The summed E-state index contributed by atoms with van der Waals surface area (Å²) in [4.78, 5) is 14.0. The molecule has 0 radical (unpaired) electrons. The molecular weight excluding hydrogens is 310 g/mol. The quantitative estimate of drug-likeness (QED) is 0.756. The number of carbonyl (C=O) groups is 1. The second-order valence-corrected chi connectivity index (χ2v) is 6.90. The average molecular weight is 334 g/mol. The molecule has 1 unspecified atom stereocenters. The molecule has 1 aliphatic heterocycles. The first-order valence-electron chi connectivity index (χ1n) is 8.96. The smallest absolute Gasteiger partial charge is 0.279 e. The highest BCUT2D eigenvalue weighted by atomic mass is 16.2. The van der Waals surface area contributed by atoms with Crippen molar-refractivity contribution in [1.29, 1.82) is 0 Å². The van der Waals surface area contributed by atoms with Crippen molar-refractivity contribution in [2.24, 2.45) is 7.05 Å².